The molecular formula is C7H13BrF2O. The molecule has 0 rings (SSSR count). The largest absolute Gasteiger partial charge is 0.383 e. The number of alkyl halides is 3. The van der Waals surface area contributed by atoms with Crippen LogP contribution in [0, 0.1) is 0 Å². The number of hydrogen-bond donors (Lipinski definition) is 1. The van der Waals surface area contributed by atoms with Gasteiger partial charge in [0.1, 0.15) is 5.60 Å². The first kappa shape index (κ1) is 11.3. The molecule has 0 aliphatic carbocycles. The van der Waals surface area contributed by atoms with Crippen LogP contribution in [0.2, 0.25) is 0 Å². The zero-order chi connectivity index (χ0) is 9.12. The SMILES string of the molecule is CCCC(O)(CC)C(F)(F)Br. The van der Waals surface area contributed by atoms with E-state index >= 15 is 0 Å². The van der Waals surface area contributed by atoms with E-state index in [1.807, 2.05) is 0 Å². The summed E-state index contributed by atoms with van der Waals surface area (Å²) in [6.45, 7) is 3.31. The van der Waals surface area contributed by atoms with Crippen molar-refractivity contribution >= 4 is 15.9 Å². The molecule has 0 amide bonds. The van der Waals surface area contributed by atoms with Crippen LogP contribution in [0.5, 0.6) is 0 Å². The van der Waals surface area contributed by atoms with Crippen LogP contribution in [0.15, 0.2) is 0 Å². The zero-order valence-electron chi connectivity index (χ0n) is 6.70. The summed E-state index contributed by atoms with van der Waals surface area (Å²) < 4.78 is 25.2. The highest BCUT2D eigenvalue weighted by atomic mass is 79.9. The van der Waals surface area contributed by atoms with Gasteiger partial charge in [0, 0.05) is 0 Å². The van der Waals surface area contributed by atoms with Gasteiger partial charge in [-0.3, -0.25) is 0 Å². The molecule has 0 fully saturated rings. The third-order valence-electron chi connectivity index (χ3n) is 1.78. The maximum atomic E-state index is 12.6. The molecule has 0 aromatic carbocycles. The van der Waals surface area contributed by atoms with E-state index in [0.717, 1.165) is 0 Å². The quantitative estimate of drug-likeness (QED) is 0.737. The third kappa shape index (κ3) is 2.67. The van der Waals surface area contributed by atoms with E-state index in [4.69, 9.17) is 0 Å². The Hall–Kier alpha value is 0.300. The van der Waals surface area contributed by atoms with Gasteiger partial charge in [0.15, 0.2) is 0 Å². The highest BCUT2D eigenvalue weighted by molar-refractivity contribution is 9.10. The van der Waals surface area contributed by atoms with Gasteiger partial charge < -0.3 is 5.11 Å². The van der Waals surface area contributed by atoms with Crippen LogP contribution in [-0.2, 0) is 0 Å². The van der Waals surface area contributed by atoms with Crippen LogP contribution in [0.4, 0.5) is 8.78 Å². The average molecular weight is 231 g/mol. The normalized spacial score (nSPS) is 18.0. The summed E-state index contributed by atoms with van der Waals surface area (Å²) in [5.74, 6) is 0. The smallest absolute Gasteiger partial charge is 0.329 e. The summed E-state index contributed by atoms with van der Waals surface area (Å²) >= 11 is 2.18. The zero-order valence-corrected chi connectivity index (χ0v) is 8.29. The lowest BCUT2D eigenvalue weighted by Gasteiger charge is -2.30. The van der Waals surface area contributed by atoms with Gasteiger partial charge in [-0.1, -0.05) is 20.3 Å². The average Bonchev–Trinajstić information content (AvgIpc) is 1.86. The van der Waals surface area contributed by atoms with Gasteiger partial charge in [0.2, 0.25) is 0 Å². The molecule has 0 aromatic heterocycles. The first-order valence-corrected chi connectivity index (χ1v) is 4.45. The fraction of sp³-hybridized carbons (Fsp3) is 1.00. The molecule has 0 aliphatic rings. The van der Waals surface area contributed by atoms with Gasteiger partial charge >= 0.3 is 4.83 Å². The lowest BCUT2D eigenvalue weighted by Crippen LogP contribution is -2.43. The summed E-state index contributed by atoms with van der Waals surface area (Å²) in [7, 11) is 0. The molecule has 0 heterocycles. The van der Waals surface area contributed by atoms with E-state index in [-0.39, 0.29) is 12.8 Å². The van der Waals surface area contributed by atoms with Gasteiger partial charge in [0.05, 0.1) is 0 Å². The van der Waals surface area contributed by atoms with Crippen LogP contribution in [0.3, 0.4) is 0 Å². The first-order valence-electron chi connectivity index (χ1n) is 3.66. The van der Waals surface area contributed by atoms with E-state index in [1.54, 1.807) is 13.8 Å². The Balaban J connectivity index is 4.33. The van der Waals surface area contributed by atoms with Crippen molar-refractivity contribution in [2.24, 2.45) is 0 Å². The Bertz CT molecular complexity index is 124. The summed E-state index contributed by atoms with van der Waals surface area (Å²) in [6.07, 6.45) is 0.715. The minimum atomic E-state index is -3.18. The molecule has 0 aliphatic heterocycles. The molecule has 0 radical (unpaired) electrons. The maximum Gasteiger partial charge on any atom is 0.329 e. The Labute approximate surface area is 73.9 Å². The Morgan fingerprint density at radius 3 is 1.91 bits per heavy atom. The third-order valence-corrected chi connectivity index (χ3v) is 2.51. The van der Waals surface area contributed by atoms with Crippen molar-refractivity contribution in [1.29, 1.82) is 0 Å². The van der Waals surface area contributed by atoms with Crippen molar-refractivity contribution in [2.45, 2.75) is 43.5 Å². The molecule has 0 saturated heterocycles. The summed E-state index contributed by atoms with van der Waals surface area (Å²) in [5.41, 5.74) is -1.89. The molecule has 4 heteroatoms. The van der Waals surface area contributed by atoms with Gasteiger partial charge in [0.25, 0.3) is 0 Å². The molecule has 0 spiro atoms. The molecule has 0 bridgehead atoms. The second kappa shape index (κ2) is 3.81. The number of hydrogen-bond acceptors (Lipinski definition) is 1. The van der Waals surface area contributed by atoms with E-state index in [0.29, 0.717) is 6.42 Å². The summed E-state index contributed by atoms with van der Waals surface area (Å²) in [5, 5.41) is 9.36. The molecule has 1 unspecified atom stereocenters. The van der Waals surface area contributed by atoms with Crippen molar-refractivity contribution in [3.05, 3.63) is 0 Å². The monoisotopic (exact) mass is 230 g/mol. The van der Waals surface area contributed by atoms with Crippen molar-refractivity contribution in [3.63, 3.8) is 0 Å². The van der Waals surface area contributed by atoms with Crippen LogP contribution in [0.25, 0.3) is 0 Å². The predicted octanol–water partition coefficient (Wildman–Crippen LogP) is 2.92. The molecule has 11 heavy (non-hydrogen) atoms. The van der Waals surface area contributed by atoms with E-state index in [1.165, 1.54) is 0 Å². The van der Waals surface area contributed by atoms with E-state index in [9.17, 15) is 13.9 Å². The van der Waals surface area contributed by atoms with Crippen molar-refractivity contribution in [2.75, 3.05) is 0 Å². The summed E-state index contributed by atoms with van der Waals surface area (Å²) in [4.78, 5) is -3.18. The van der Waals surface area contributed by atoms with Crippen LogP contribution < -0.4 is 0 Å². The first-order chi connectivity index (χ1) is 4.87. The highest BCUT2D eigenvalue weighted by Gasteiger charge is 2.48. The predicted molar refractivity (Wildman–Crippen MR) is 44.0 cm³/mol. The number of aliphatic hydroxyl groups is 1. The highest BCUT2D eigenvalue weighted by Crippen LogP contribution is 2.39. The van der Waals surface area contributed by atoms with Crippen molar-refractivity contribution in [1.82, 2.24) is 0 Å². The van der Waals surface area contributed by atoms with E-state index in [2.05, 4.69) is 15.9 Å². The molecule has 68 valence electrons. The van der Waals surface area contributed by atoms with Gasteiger partial charge in [-0.05, 0) is 28.8 Å². The van der Waals surface area contributed by atoms with Crippen LogP contribution in [0.1, 0.15) is 33.1 Å². The van der Waals surface area contributed by atoms with Gasteiger partial charge in [-0.15, -0.1) is 0 Å². The molecule has 0 saturated carbocycles. The van der Waals surface area contributed by atoms with Gasteiger partial charge in [-0.25, -0.2) is 0 Å². The fourth-order valence-electron chi connectivity index (χ4n) is 0.933. The maximum absolute atomic E-state index is 12.6. The second-order valence-corrected chi connectivity index (χ2v) is 3.63. The Morgan fingerprint density at radius 2 is 1.82 bits per heavy atom. The molecular weight excluding hydrogens is 218 g/mol. The number of halogens is 3. The minimum absolute atomic E-state index is 0.0547. The minimum Gasteiger partial charge on any atom is -0.383 e. The topological polar surface area (TPSA) is 20.2 Å². The van der Waals surface area contributed by atoms with Gasteiger partial charge in [-0.2, -0.15) is 8.78 Å². The Morgan fingerprint density at radius 1 is 1.36 bits per heavy atom. The van der Waals surface area contributed by atoms with Crippen molar-refractivity contribution in [3.8, 4) is 0 Å². The van der Waals surface area contributed by atoms with Crippen LogP contribution in [-0.4, -0.2) is 15.5 Å². The second-order valence-electron chi connectivity index (χ2n) is 2.63. The number of rotatable bonds is 4. The van der Waals surface area contributed by atoms with Crippen molar-refractivity contribution < 1.29 is 13.9 Å². The Kier molecular flexibility index (Phi) is 3.91. The van der Waals surface area contributed by atoms with Crippen LogP contribution >= 0.6 is 15.9 Å². The summed E-state index contributed by atoms with van der Waals surface area (Å²) in [6, 6.07) is 0. The standard InChI is InChI=1S/C7H13BrF2O/c1-3-5-6(11,4-2)7(8,9)10/h11H,3-5H2,1-2H3. The van der Waals surface area contributed by atoms with E-state index < -0.39 is 10.4 Å². The fourth-order valence-corrected chi connectivity index (χ4v) is 1.41. The molecule has 1 nitrogen and oxygen atoms in total. The lowest BCUT2D eigenvalue weighted by atomic mass is 9.96. The lowest BCUT2D eigenvalue weighted by molar-refractivity contribution is -0.122. The molecule has 1 N–H and O–H groups in total. The molecule has 0 aromatic rings. The molecule has 1 atom stereocenters.